The Morgan fingerprint density at radius 2 is 1.95 bits per heavy atom. The van der Waals surface area contributed by atoms with Crippen molar-refractivity contribution in [1.82, 2.24) is 0 Å². The molecule has 1 heterocycles. The molecule has 2 rings (SSSR count). The van der Waals surface area contributed by atoms with Crippen molar-refractivity contribution >= 4 is 17.1 Å². The van der Waals surface area contributed by atoms with Crippen molar-refractivity contribution in [2.24, 2.45) is 5.92 Å². The topological polar surface area (TPSA) is 26.3 Å². The number of hydrogen-bond acceptors (Lipinski definition) is 3. The number of rotatable bonds is 5. The Bertz CT molecular complexity index is 570. The number of ketones is 1. The summed E-state index contributed by atoms with van der Waals surface area (Å²) < 4.78 is 5.84. The van der Waals surface area contributed by atoms with Gasteiger partial charge in [-0.05, 0) is 37.1 Å². The standard InChI is InChI=1S/C16H18O2S/c1-11(2)10-18-14-7-5-4-6-13(14)16-9-8-15(19-16)12(3)17/h4-9,11H,10H2,1-3H3. The number of ether oxygens (including phenoxy) is 1. The van der Waals surface area contributed by atoms with Gasteiger partial charge in [0, 0.05) is 10.4 Å². The minimum absolute atomic E-state index is 0.108. The van der Waals surface area contributed by atoms with Crippen LogP contribution in [0.1, 0.15) is 30.4 Å². The highest BCUT2D eigenvalue weighted by Crippen LogP contribution is 2.35. The lowest BCUT2D eigenvalue weighted by Gasteiger charge is -2.12. The van der Waals surface area contributed by atoms with Crippen molar-refractivity contribution in [2.75, 3.05) is 6.61 Å². The van der Waals surface area contributed by atoms with Crippen LogP contribution in [0.4, 0.5) is 0 Å². The third-order valence-corrected chi connectivity index (χ3v) is 3.90. The van der Waals surface area contributed by atoms with Crippen molar-refractivity contribution in [3.63, 3.8) is 0 Å². The van der Waals surface area contributed by atoms with Gasteiger partial charge in [0.2, 0.25) is 0 Å². The summed E-state index contributed by atoms with van der Waals surface area (Å²) in [5.74, 6) is 1.48. The predicted octanol–water partition coefficient (Wildman–Crippen LogP) is 4.65. The van der Waals surface area contributed by atoms with E-state index in [1.54, 1.807) is 6.92 Å². The van der Waals surface area contributed by atoms with Gasteiger partial charge in [0.1, 0.15) is 5.75 Å². The zero-order chi connectivity index (χ0) is 13.8. The van der Waals surface area contributed by atoms with E-state index in [4.69, 9.17) is 4.74 Å². The minimum atomic E-state index is 0.108. The van der Waals surface area contributed by atoms with Crippen LogP contribution in [-0.2, 0) is 0 Å². The number of benzene rings is 1. The molecule has 0 amide bonds. The fourth-order valence-electron chi connectivity index (χ4n) is 1.72. The maximum absolute atomic E-state index is 11.4. The van der Waals surface area contributed by atoms with Crippen LogP contribution >= 0.6 is 11.3 Å². The fraction of sp³-hybridized carbons (Fsp3) is 0.312. The van der Waals surface area contributed by atoms with E-state index in [0.717, 1.165) is 21.1 Å². The molecular formula is C16H18O2S. The molecule has 0 radical (unpaired) electrons. The zero-order valence-corrected chi connectivity index (χ0v) is 12.3. The van der Waals surface area contributed by atoms with Gasteiger partial charge < -0.3 is 4.74 Å². The van der Waals surface area contributed by atoms with E-state index in [2.05, 4.69) is 13.8 Å². The van der Waals surface area contributed by atoms with Crippen molar-refractivity contribution in [2.45, 2.75) is 20.8 Å². The van der Waals surface area contributed by atoms with E-state index in [9.17, 15) is 4.79 Å². The molecule has 0 N–H and O–H groups in total. The highest BCUT2D eigenvalue weighted by molar-refractivity contribution is 7.17. The zero-order valence-electron chi connectivity index (χ0n) is 11.5. The Kier molecular flexibility index (Phi) is 4.38. The van der Waals surface area contributed by atoms with Gasteiger partial charge in [0.25, 0.3) is 0 Å². The van der Waals surface area contributed by atoms with Gasteiger partial charge in [-0.2, -0.15) is 0 Å². The minimum Gasteiger partial charge on any atom is -0.493 e. The van der Waals surface area contributed by atoms with Crippen LogP contribution in [0.15, 0.2) is 36.4 Å². The molecule has 2 aromatic rings. The highest BCUT2D eigenvalue weighted by Gasteiger charge is 2.10. The van der Waals surface area contributed by atoms with Gasteiger partial charge >= 0.3 is 0 Å². The Labute approximate surface area is 118 Å². The van der Waals surface area contributed by atoms with Crippen LogP contribution in [0.3, 0.4) is 0 Å². The molecule has 0 unspecified atom stereocenters. The van der Waals surface area contributed by atoms with E-state index >= 15 is 0 Å². The number of thiophene rings is 1. The lowest BCUT2D eigenvalue weighted by molar-refractivity contribution is 0.102. The molecule has 0 saturated heterocycles. The summed E-state index contributed by atoms with van der Waals surface area (Å²) in [4.78, 5) is 13.2. The van der Waals surface area contributed by atoms with Gasteiger partial charge in [-0.1, -0.05) is 26.0 Å². The fourth-order valence-corrected chi connectivity index (χ4v) is 2.66. The second kappa shape index (κ2) is 6.02. The lowest BCUT2D eigenvalue weighted by Crippen LogP contribution is -2.05. The molecule has 0 fully saturated rings. The maximum atomic E-state index is 11.4. The highest BCUT2D eigenvalue weighted by atomic mass is 32.1. The third kappa shape index (κ3) is 3.44. The summed E-state index contributed by atoms with van der Waals surface area (Å²) in [6.07, 6.45) is 0. The molecule has 1 aromatic carbocycles. The Morgan fingerprint density at radius 3 is 2.58 bits per heavy atom. The normalized spacial score (nSPS) is 10.7. The van der Waals surface area contributed by atoms with Crippen molar-refractivity contribution in [1.29, 1.82) is 0 Å². The first-order valence-electron chi connectivity index (χ1n) is 6.41. The van der Waals surface area contributed by atoms with Gasteiger partial charge in [0.05, 0.1) is 11.5 Å². The van der Waals surface area contributed by atoms with Crippen molar-refractivity contribution < 1.29 is 9.53 Å². The van der Waals surface area contributed by atoms with Gasteiger partial charge in [-0.15, -0.1) is 11.3 Å². The van der Waals surface area contributed by atoms with Gasteiger partial charge in [0.15, 0.2) is 5.78 Å². The Balaban J connectivity index is 2.30. The summed E-state index contributed by atoms with van der Waals surface area (Å²) >= 11 is 1.51. The first-order valence-corrected chi connectivity index (χ1v) is 7.22. The summed E-state index contributed by atoms with van der Waals surface area (Å²) in [6, 6.07) is 11.8. The lowest BCUT2D eigenvalue weighted by atomic mass is 10.1. The van der Waals surface area contributed by atoms with Gasteiger partial charge in [-0.3, -0.25) is 4.79 Å². The molecule has 0 atom stereocenters. The molecule has 0 aliphatic rings. The molecule has 0 aliphatic carbocycles. The summed E-state index contributed by atoms with van der Waals surface area (Å²) in [6.45, 7) is 6.54. The Morgan fingerprint density at radius 1 is 1.21 bits per heavy atom. The second-order valence-corrected chi connectivity index (χ2v) is 6.00. The smallest absolute Gasteiger partial charge is 0.169 e. The van der Waals surface area contributed by atoms with Crippen molar-refractivity contribution in [3.05, 3.63) is 41.3 Å². The van der Waals surface area contributed by atoms with E-state index in [-0.39, 0.29) is 5.78 Å². The number of para-hydroxylation sites is 1. The number of hydrogen-bond donors (Lipinski definition) is 0. The van der Waals surface area contributed by atoms with Crippen LogP contribution in [0.2, 0.25) is 0 Å². The van der Waals surface area contributed by atoms with Crippen molar-refractivity contribution in [3.8, 4) is 16.2 Å². The first kappa shape index (κ1) is 13.8. The van der Waals surface area contributed by atoms with Crippen LogP contribution in [0, 0.1) is 5.92 Å². The molecule has 100 valence electrons. The van der Waals surface area contributed by atoms with E-state index in [0.29, 0.717) is 12.5 Å². The molecule has 0 aliphatic heterocycles. The predicted molar refractivity (Wildman–Crippen MR) is 80.1 cm³/mol. The van der Waals surface area contributed by atoms with E-state index < -0.39 is 0 Å². The largest absolute Gasteiger partial charge is 0.493 e. The molecule has 0 spiro atoms. The van der Waals surface area contributed by atoms with E-state index in [1.165, 1.54) is 11.3 Å². The van der Waals surface area contributed by atoms with Crippen LogP contribution < -0.4 is 4.74 Å². The maximum Gasteiger partial charge on any atom is 0.169 e. The second-order valence-electron chi connectivity index (χ2n) is 4.92. The Hall–Kier alpha value is -1.61. The summed E-state index contributed by atoms with van der Waals surface area (Å²) in [7, 11) is 0. The molecule has 0 saturated carbocycles. The third-order valence-electron chi connectivity index (χ3n) is 2.68. The van der Waals surface area contributed by atoms with Crippen LogP contribution in [0.5, 0.6) is 5.75 Å². The van der Waals surface area contributed by atoms with Gasteiger partial charge in [-0.25, -0.2) is 0 Å². The average Bonchev–Trinajstić information content (AvgIpc) is 2.86. The monoisotopic (exact) mass is 274 g/mol. The number of carbonyl (C=O) groups is 1. The molecule has 0 bridgehead atoms. The molecule has 2 nitrogen and oxygen atoms in total. The average molecular weight is 274 g/mol. The number of carbonyl (C=O) groups excluding carboxylic acids is 1. The summed E-state index contributed by atoms with van der Waals surface area (Å²) in [5, 5.41) is 0. The molecule has 19 heavy (non-hydrogen) atoms. The molecule has 1 aromatic heterocycles. The molecular weight excluding hydrogens is 256 g/mol. The quantitative estimate of drug-likeness (QED) is 0.742. The number of Topliss-reactive ketones (excluding diaryl/α,β-unsaturated/α-hetero) is 1. The van der Waals surface area contributed by atoms with Crippen LogP contribution in [0.25, 0.3) is 10.4 Å². The first-order chi connectivity index (χ1) is 9.08. The van der Waals surface area contributed by atoms with E-state index in [1.807, 2.05) is 36.4 Å². The summed E-state index contributed by atoms with van der Waals surface area (Å²) in [5.41, 5.74) is 1.06. The van der Waals surface area contributed by atoms with Crippen LogP contribution in [-0.4, -0.2) is 12.4 Å². The SMILES string of the molecule is CC(=O)c1ccc(-c2ccccc2OCC(C)C)s1. The molecule has 3 heteroatoms.